The molecule has 0 bridgehead atoms. The second-order valence-corrected chi connectivity index (χ2v) is 8.47. The first-order chi connectivity index (χ1) is 9.49. The third kappa shape index (κ3) is 4.15. The van der Waals surface area contributed by atoms with E-state index in [9.17, 15) is 8.42 Å². The number of hydrogen-bond acceptors (Lipinski definition) is 4. The maximum Gasteiger partial charge on any atom is 0.179 e. The molecule has 1 aromatic carbocycles. The number of sulfone groups is 1. The van der Waals surface area contributed by atoms with E-state index in [4.69, 9.17) is 0 Å². The Hall–Kier alpha value is -0.690. The van der Waals surface area contributed by atoms with Crippen LogP contribution < -0.4 is 5.32 Å². The van der Waals surface area contributed by atoms with E-state index in [1.54, 1.807) is 35.6 Å². The van der Waals surface area contributed by atoms with Crippen LogP contribution >= 0.6 is 27.3 Å². The van der Waals surface area contributed by atoms with Crippen LogP contribution in [0.4, 0.5) is 0 Å². The zero-order chi connectivity index (χ0) is 14.6. The predicted octanol–water partition coefficient (Wildman–Crippen LogP) is 3.64. The van der Waals surface area contributed by atoms with Crippen LogP contribution in [0.1, 0.15) is 17.8 Å². The van der Waals surface area contributed by atoms with Gasteiger partial charge in [-0.25, -0.2) is 8.42 Å². The minimum atomic E-state index is -3.22. The molecule has 6 heteroatoms. The Morgan fingerprint density at radius 1 is 1.25 bits per heavy atom. The van der Waals surface area contributed by atoms with Gasteiger partial charge in [-0.1, -0.05) is 22.0 Å². The maximum absolute atomic E-state index is 12.2. The quantitative estimate of drug-likeness (QED) is 0.840. The van der Waals surface area contributed by atoms with Gasteiger partial charge in [0.15, 0.2) is 9.84 Å². The van der Waals surface area contributed by atoms with Gasteiger partial charge >= 0.3 is 0 Å². The van der Waals surface area contributed by atoms with Gasteiger partial charge in [-0.2, -0.15) is 0 Å². The molecule has 1 aromatic heterocycles. The standard InChI is InChI=1S/C14H16BrNO2S2/c1-11(14-3-2-9-19-14)16-8-10-20(17,18)13-6-4-12(15)5-7-13/h2-7,9,11,16H,8,10H2,1H3. The lowest BCUT2D eigenvalue weighted by Crippen LogP contribution is -2.25. The summed E-state index contributed by atoms with van der Waals surface area (Å²) in [5, 5.41) is 5.26. The lowest BCUT2D eigenvalue weighted by atomic mass is 10.3. The molecule has 2 rings (SSSR count). The number of nitrogens with one attached hydrogen (secondary N) is 1. The lowest BCUT2D eigenvalue weighted by molar-refractivity contribution is 0.575. The van der Waals surface area contributed by atoms with Crippen molar-refractivity contribution in [1.82, 2.24) is 5.32 Å². The average Bonchev–Trinajstić information content (AvgIpc) is 2.93. The highest BCUT2D eigenvalue weighted by Gasteiger charge is 2.14. The van der Waals surface area contributed by atoms with E-state index in [0.29, 0.717) is 11.4 Å². The number of rotatable bonds is 6. The molecule has 0 amide bonds. The van der Waals surface area contributed by atoms with Crippen molar-refractivity contribution in [2.45, 2.75) is 17.9 Å². The molecule has 0 radical (unpaired) electrons. The SMILES string of the molecule is CC(NCCS(=O)(=O)c1ccc(Br)cc1)c1cccs1. The highest BCUT2D eigenvalue weighted by Crippen LogP contribution is 2.18. The number of hydrogen-bond donors (Lipinski definition) is 1. The fraction of sp³-hybridized carbons (Fsp3) is 0.286. The second-order valence-electron chi connectivity index (χ2n) is 4.46. The molecule has 0 fully saturated rings. The van der Waals surface area contributed by atoms with E-state index < -0.39 is 9.84 Å². The zero-order valence-corrected chi connectivity index (χ0v) is 14.3. The van der Waals surface area contributed by atoms with E-state index in [2.05, 4.69) is 21.2 Å². The second kappa shape index (κ2) is 6.85. The molecule has 20 heavy (non-hydrogen) atoms. The fourth-order valence-corrected chi connectivity index (χ4v) is 4.00. The summed E-state index contributed by atoms with van der Waals surface area (Å²) in [5.74, 6) is 0.102. The van der Waals surface area contributed by atoms with Crippen LogP contribution in [0.3, 0.4) is 0 Å². The molecule has 1 N–H and O–H groups in total. The van der Waals surface area contributed by atoms with Gasteiger partial charge in [0, 0.05) is 21.9 Å². The molecule has 1 heterocycles. The Morgan fingerprint density at radius 2 is 1.95 bits per heavy atom. The van der Waals surface area contributed by atoms with Gasteiger partial charge in [0.2, 0.25) is 0 Å². The van der Waals surface area contributed by atoms with Crippen molar-refractivity contribution in [3.05, 3.63) is 51.1 Å². The summed E-state index contributed by atoms with van der Waals surface area (Å²) in [7, 11) is -3.22. The first kappa shape index (κ1) is 15.7. The lowest BCUT2D eigenvalue weighted by Gasteiger charge is -2.12. The van der Waals surface area contributed by atoms with Crippen molar-refractivity contribution in [2.75, 3.05) is 12.3 Å². The van der Waals surface area contributed by atoms with Crippen LogP contribution in [0.5, 0.6) is 0 Å². The topological polar surface area (TPSA) is 46.2 Å². The van der Waals surface area contributed by atoms with Crippen molar-refractivity contribution in [2.24, 2.45) is 0 Å². The third-order valence-corrected chi connectivity index (χ3v) is 6.28. The van der Waals surface area contributed by atoms with Crippen molar-refractivity contribution >= 4 is 37.1 Å². The Balaban J connectivity index is 1.91. The molecule has 0 spiro atoms. The molecule has 0 saturated carbocycles. The Labute approximate surface area is 132 Å². The minimum absolute atomic E-state index is 0.102. The summed E-state index contributed by atoms with van der Waals surface area (Å²) in [6.07, 6.45) is 0. The molecule has 1 atom stereocenters. The Kier molecular flexibility index (Phi) is 5.37. The van der Waals surface area contributed by atoms with Crippen LogP contribution in [-0.4, -0.2) is 20.7 Å². The van der Waals surface area contributed by atoms with Gasteiger partial charge < -0.3 is 5.32 Å². The monoisotopic (exact) mass is 373 g/mol. The van der Waals surface area contributed by atoms with Gasteiger partial charge in [-0.3, -0.25) is 0 Å². The van der Waals surface area contributed by atoms with Crippen molar-refractivity contribution in [3.63, 3.8) is 0 Å². The largest absolute Gasteiger partial charge is 0.308 e. The van der Waals surface area contributed by atoms with Crippen LogP contribution in [0, 0.1) is 0 Å². The summed E-state index contributed by atoms with van der Waals surface area (Å²) >= 11 is 4.97. The Morgan fingerprint density at radius 3 is 2.55 bits per heavy atom. The normalized spacial score (nSPS) is 13.3. The maximum atomic E-state index is 12.2. The third-order valence-electron chi connectivity index (χ3n) is 2.96. The smallest absolute Gasteiger partial charge is 0.179 e. The molecule has 0 saturated heterocycles. The van der Waals surface area contributed by atoms with E-state index in [1.807, 2.05) is 24.4 Å². The highest BCUT2D eigenvalue weighted by molar-refractivity contribution is 9.10. The van der Waals surface area contributed by atoms with Crippen LogP contribution in [0.15, 0.2) is 51.1 Å². The first-order valence-corrected chi connectivity index (χ1v) is 9.56. The van der Waals surface area contributed by atoms with E-state index in [-0.39, 0.29) is 11.8 Å². The van der Waals surface area contributed by atoms with Crippen LogP contribution in [0.25, 0.3) is 0 Å². The Bertz CT molecular complexity index is 636. The molecule has 2 aromatic rings. The number of benzene rings is 1. The number of thiophene rings is 1. The van der Waals surface area contributed by atoms with E-state index in [1.165, 1.54) is 4.88 Å². The molecule has 0 aliphatic rings. The van der Waals surface area contributed by atoms with Gasteiger partial charge in [0.05, 0.1) is 10.6 Å². The van der Waals surface area contributed by atoms with E-state index >= 15 is 0 Å². The summed E-state index contributed by atoms with van der Waals surface area (Å²) < 4.78 is 25.2. The molecule has 108 valence electrons. The summed E-state index contributed by atoms with van der Waals surface area (Å²) in [4.78, 5) is 1.58. The minimum Gasteiger partial charge on any atom is -0.308 e. The molecule has 0 aliphatic carbocycles. The number of halogens is 1. The first-order valence-electron chi connectivity index (χ1n) is 6.24. The average molecular weight is 374 g/mol. The summed E-state index contributed by atoms with van der Waals surface area (Å²) in [6.45, 7) is 2.48. The van der Waals surface area contributed by atoms with Gasteiger partial charge in [-0.15, -0.1) is 11.3 Å². The molecular formula is C14H16BrNO2S2. The van der Waals surface area contributed by atoms with Gasteiger partial charge in [0.25, 0.3) is 0 Å². The van der Waals surface area contributed by atoms with E-state index in [0.717, 1.165) is 4.47 Å². The predicted molar refractivity (Wildman–Crippen MR) is 86.9 cm³/mol. The van der Waals surface area contributed by atoms with Crippen molar-refractivity contribution in [3.8, 4) is 0 Å². The molecule has 3 nitrogen and oxygen atoms in total. The fourth-order valence-electron chi connectivity index (χ4n) is 1.81. The molecular weight excluding hydrogens is 358 g/mol. The highest BCUT2D eigenvalue weighted by atomic mass is 79.9. The molecule has 1 unspecified atom stereocenters. The van der Waals surface area contributed by atoms with Gasteiger partial charge in [-0.05, 0) is 42.6 Å². The molecule has 0 aliphatic heterocycles. The van der Waals surface area contributed by atoms with Crippen LogP contribution in [-0.2, 0) is 9.84 Å². The summed E-state index contributed by atoms with van der Waals surface area (Å²) in [5.41, 5.74) is 0. The van der Waals surface area contributed by atoms with Crippen LogP contribution in [0.2, 0.25) is 0 Å². The van der Waals surface area contributed by atoms with Crippen molar-refractivity contribution in [1.29, 1.82) is 0 Å². The zero-order valence-electron chi connectivity index (χ0n) is 11.0. The summed E-state index contributed by atoms with van der Waals surface area (Å²) in [6, 6.07) is 11.0. The van der Waals surface area contributed by atoms with Gasteiger partial charge in [0.1, 0.15) is 0 Å². The van der Waals surface area contributed by atoms with Crippen molar-refractivity contribution < 1.29 is 8.42 Å².